The summed E-state index contributed by atoms with van der Waals surface area (Å²) in [6.07, 6.45) is 2.81. The van der Waals surface area contributed by atoms with Gasteiger partial charge in [-0.25, -0.2) is 4.98 Å². The van der Waals surface area contributed by atoms with Gasteiger partial charge in [-0.05, 0) is 40.9 Å². The maximum Gasteiger partial charge on any atom is 0.130 e. The first-order valence-electron chi connectivity index (χ1n) is 5.79. The highest BCUT2D eigenvalue weighted by Crippen LogP contribution is 2.38. The first kappa shape index (κ1) is 11.1. The van der Waals surface area contributed by atoms with Crippen molar-refractivity contribution in [1.82, 2.24) is 9.55 Å². The topological polar surface area (TPSA) is 38.0 Å². The van der Waals surface area contributed by atoms with Crippen LogP contribution in [0.15, 0.2) is 4.60 Å². The number of hydrogen-bond donors (Lipinski definition) is 1. The van der Waals surface area contributed by atoms with Gasteiger partial charge < -0.3 is 9.67 Å². The van der Waals surface area contributed by atoms with E-state index in [9.17, 15) is 5.11 Å². The highest BCUT2D eigenvalue weighted by molar-refractivity contribution is 9.10. The molecule has 2 aliphatic heterocycles. The molecule has 2 aliphatic rings. The molecule has 3 rings (SSSR count). The van der Waals surface area contributed by atoms with Crippen LogP contribution in [0.2, 0.25) is 0 Å². The third-order valence-corrected chi connectivity index (χ3v) is 5.21. The molecule has 16 heavy (non-hydrogen) atoms. The highest BCUT2D eigenvalue weighted by Gasteiger charge is 2.30. The summed E-state index contributed by atoms with van der Waals surface area (Å²) in [4.78, 5) is 4.63. The maximum absolute atomic E-state index is 10.0. The number of fused-ring (bicyclic) bond motifs is 1. The number of nitrogens with zero attached hydrogens (tertiary/aromatic N) is 2. The SMILES string of the molecule is OC1CCCn2c(C3CCSC3)nc(Br)c21. The van der Waals surface area contributed by atoms with Gasteiger partial charge in [-0.1, -0.05) is 0 Å². The Morgan fingerprint density at radius 1 is 1.44 bits per heavy atom. The molecule has 5 heteroatoms. The van der Waals surface area contributed by atoms with Gasteiger partial charge in [-0.15, -0.1) is 0 Å². The third-order valence-electron chi connectivity index (χ3n) is 3.46. The van der Waals surface area contributed by atoms with Gasteiger partial charge in [0.1, 0.15) is 10.4 Å². The predicted molar refractivity (Wildman–Crippen MR) is 68.8 cm³/mol. The van der Waals surface area contributed by atoms with Crippen LogP contribution in [0, 0.1) is 0 Å². The van der Waals surface area contributed by atoms with Crippen molar-refractivity contribution in [2.45, 2.75) is 37.8 Å². The van der Waals surface area contributed by atoms with Crippen LogP contribution in [0.3, 0.4) is 0 Å². The van der Waals surface area contributed by atoms with Crippen molar-refractivity contribution in [3.05, 3.63) is 16.1 Å². The molecule has 3 heterocycles. The lowest BCUT2D eigenvalue weighted by Crippen LogP contribution is -2.18. The molecule has 0 saturated carbocycles. The zero-order valence-electron chi connectivity index (χ0n) is 9.03. The summed E-state index contributed by atoms with van der Waals surface area (Å²) >= 11 is 5.50. The van der Waals surface area contributed by atoms with Crippen molar-refractivity contribution >= 4 is 27.7 Å². The average Bonchev–Trinajstić information content (AvgIpc) is 2.86. The number of aliphatic hydroxyl groups excluding tert-OH is 1. The summed E-state index contributed by atoms with van der Waals surface area (Å²) in [7, 11) is 0. The van der Waals surface area contributed by atoms with Gasteiger partial charge in [0.25, 0.3) is 0 Å². The van der Waals surface area contributed by atoms with Crippen molar-refractivity contribution in [1.29, 1.82) is 0 Å². The van der Waals surface area contributed by atoms with E-state index >= 15 is 0 Å². The van der Waals surface area contributed by atoms with Crippen LogP contribution in [0.4, 0.5) is 0 Å². The molecule has 0 aliphatic carbocycles. The largest absolute Gasteiger partial charge is 0.387 e. The van der Waals surface area contributed by atoms with Crippen LogP contribution in [0.25, 0.3) is 0 Å². The van der Waals surface area contributed by atoms with E-state index < -0.39 is 0 Å². The zero-order chi connectivity index (χ0) is 11.1. The molecule has 88 valence electrons. The average molecular weight is 303 g/mol. The van der Waals surface area contributed by atoms with Crippen LogP contribution in [-0.4, -0.2) is 26.2 Å². The van der Waals surface area contributed by atoms with E-state index in [1.807, 2.05) is 11.8 Å². The predicted octanol–water partition coefficient (Wildman–Crippen LogP) is 2.69. The molecule has 0 aromatic carbocycles. The number of thioether (sulfide) groups is 1. The van der Waals surface area contributed by atoms with Crippen LogP contribution >= 0.6 is 27.7 Å². The molecular formula is C11H15BrN2OS. The van der Waals surface area contributed by atoms with Crippen molar-refractivity contribution < 1.29 is 5.11 Å². The second kappa shape index (κ2) is 4.35. The van der Waals surface area contributed by atoms with E-state index in [1.54, 1.807) is 0 Å². The van der Waals surface area contributed by atoms with E-state index in [0.717, 1.165) is 29.7 Å². The molecule has 1 fully saturated rings. The van der Waals surface area contributed by atoms with Crippen LogP contribution < -0.4 is 0 Å². The number of aromatic nitrogens is 2. The second-order valence-corrected chi connectivity index (χ2v) is 6.42. The number of aliphatic hydroxyl groups is 1. The Morgan fingerprint density at radius 2 is 2.31 bits per heavy atom. The zero-order valence-corrected chi connectivity index (χ0v) is 11.4. The van der Waals surface area contributed by atoms with Gasteiger partial charge in [0, 0.05) is 18.2 Å². The lowest BCUT2D eigenvalue weighted by Gasteiger charge is -2.22. The Hall–Kier alpha value is -0.0000000000000000555. The summed E-state index contributed by atoms with van der Waals surface area (Å²) < 4.78 is 3.10. The summed E-state index contributed by atoms with van der Waals surface area (Å²) in [6, 6.07) is 0. The molecule has 2 atom stereocenters. The molecule has 3 nitrogen and oxygen atoms in total. The lowest BCUT2D eigenvalue weighted by molar-refractivity contribution is 0.137. The molecule has 0 spiro atoms. The van der Waals surface area contributed by atoms with Gasteiger partial charge in [-0.3, -0.25) is 0 Å². The highest BCUT2D eigenvalue weighted by atomic mass is 79.9. The molecule has 1 aromatic rings. The summed E-state index contributed by atoms with van der Waals surface area (Å²) in [5.41, 5.74) is 0.998. The molecule has 1 saturated heterocycles. The fourth-order valence-electron chi connectivity index (χ4n) is 2.63. The molecule has 0 radical (unpaired) electrons. The Kier molecular flexibility index (Phi) is 3.02. The Labute approximate surface area is 108 Å². The minimum Gasteiger partial charge on any atom is -0.387 e. The van der Waals surface area contributed by atoms with Crippen molar-refractivity contribution in [2.24, 2.45) is 0 Å². The van der Waals surface area contributed by atoms with Crippen molar-refractivity contribution in [2.75, 3.05) is 11.5 Å². The van der Waals surface area contributed by atoms with Crippen LogP contribution in [-0.2, 0) is 6.54 Å². The standard InChI is InChI=1S/C11H15BrN2OS/c12-10-9-8(15)2-1-4-14(9)11(13-10)7-3-5-16-6-7/h7-8,15H,1-6H2. The van der Waals surface area contributed by atoms with Gasteiger partial charge >= 0.3 is 0 Å². The number of hydrogen-bond acceptors (Lipinski definition) is 3. The number of rotatable bonds is 1. The Bertz CT molecular complexity index is 401. The Balaban J connectivity index is 2.02. The first-order valence-corrected chi connectivity index (χ1v) is 7.73. The van der Waals surface area contributed by atoms with Gasteiger partial charge in [-0.2, -0.15) is 11.8 Å². The number of halogens is 1. The lowest BCUT2D eigenvalue weighted by atomic mass is 10.1. The molecule has 0 amide bonds. The molecule has 0 bridgehead atoms. The van der Waals surface area contributed by atoms with Crippen LogP contribution in [0.5, 0.6) is 0 Å². The molecule has 1 aromatic heterocycles. The fourth-order valence-corrected chi connectivity index (χ4v) is 4.51. The van der Waals surface area contributed by atoms with E-state index in [1.165, 1.54) is 23.8 Å². The van der Waals surface area contributed by atoms with E-state index in [4.69, 9.17) is 0 Å². The van der Waals surface area contributed by atoms with E-state index in [0.29, 0.717) is 5.92 Å². The minimum atomic E-state index is -0.335. The summed E-state index contributed by atoms with van der Waals surface area (Å²) in [6.45, 7) is 1.02. The van der Waals surface area contributed by atoms with Crippen LogP contribution in [0.1, 0.15) is 42.8 Å². The minimum absolute atomic E-state index is 0.335. The maximum atomic E-state index is 10.0. The second-order valence-electron chi connectivity index (χ2n) is 4.52. The molecule has 1 N–H and O–H groups in total. The van der Waals surface area contributed by atoms with Crippen molar-refractivity contribution in [3.8, 4) is 0 Å². The van der Waals surface area contributed by atoms with Gasteiger partial charge in [0.05, 0.1) is 11.8 Å². The number of imidazole rings is 1. The van der Waals surface area contributed by atoms with Gasteiger partial charge in [0.2, 0.25) is 0 Å². The normalized spacial score (nSPS) is 29.4. The summed E-state index contributed by atoms with van der Waals surface area (Å²) in [5.74, 6) is 4.19. The summed E-state index contributed by atoms with van der Waals surface area (Å²) in [5, 5.41) is 10.0. The Morgan fingerprint density at radius 3 is 3.06 bits per heavy atom. The van der Waals surface area contributed by atoms with Crippen molar-refractivity contribution in [3.63, 3.8) is 0 Å². The van der Waals surface area contributed by atoms with Gasteiger partial charge in [0.15, 0.2) is 0 Å². The van der Waals surface area contributed by atoms with E-state index in [-0.39, 0.29) is 6.10 Å². The van der Waals surface area contributed by atoms with E-state index in [2.05, 4.69) is 25.5 Å². The third kappa shape index (κ3) is 1.73. The quantitative estimate of drug-likeness (QED) is 0.867. The fraction of sp³-hybridized carbons (Fsp3) is 0.727. The smallest absolute Gasteiger partial charge is 0.130 e. The monoisotopic (exact) mass is 302 g/mol. The molecule has 2 unspecified atom stereocenters. The molecular weight excluding hydrogens is 288 g/mol. The first-order chi connectivity index (χ1) is 7.77.